The average Bonchev–Trinajstić information content (AvgIpc) is 3.21. The van der Waals surface area contributed by atoms with Gasteiger partial charge in [-0.1, -0.05) is 31.2 Å². The smallest absolute Gasteiger partial charge is 0.322 e. The van der Waals surface area contributed by atoms with E-state index in [2.05, 4.69) is 12.2 Å². The quantitative estimate of drug-likeness (QED) is 0.537. The highest BCUT2D eigenvalue weighted by atomic mass is 32.2. The summed E-state index contributed by atoms with van der Waals surface area (Å²) in [5, 5.41) is 2.93. The van der Waals surface area contributed by atoms with Crippen LogP contribution < -0.4 is 9.50 Å². The van der Waals surface area contributed by atoms with E-state index in [0.717, 1.165) is 29.5 Å². The molecule has 0 spiro atoms. The molecule has 0 radical (unpaired) electrons. The molecule has 0 aliphatic heterocycles. The molecule has 1 N–H and O–H groups in total. The molecule has 3 aromatic rings. The van der Waals surface area contributed by atoms with Gasteiger partial charge in [-0.15, -0.1) is 0 Å². The van der Waals surface area contributed by atoms with Gasteiger partial charge in [-0.2, -0.15) is 8.42 Å². The molecule has 0 unspecified atom stereocenters. The molecule has 0 fully saturated rings. The highest BCUT2D eigenvalue weighted by molar-refractivity contribution is 7.86. The van der Waals surface area contributed by atoms with E-state index in [9.17, 15) is 13.2 Å². The van der Waals surface area contributed by atoms with Crippen LogP contribution in [0.2, 0.25) is 0 Å². The van der Waals surface area contributed by atoms with E-state index in [4.69, 9.17) is 8.60 Å². The van der Waals surface area contributed by atoms with Gasteiger partial charge in [-0.05, 0) is 53.9 Å². The summed E-state index contributed by atoms with van der Waals surface area (Å²) in [6.45, 7) is 2.65. The molecule has 1 heterocycles. The first-order valence-corrected chi connectivity index (χ1v) is 11.3. The number of anilines is 1. The standard InChI is InChI=1S/C22H24N2O5S/c1-3-17-6-4-7-19(14-17)23-22(25)24(16-21-8-5-13-28-21)15-18-9-11-20(12-10-18)29-30(2,26)27/h4-14H,3,15-16H2,1-2H3,(H,23,25). The summed E-state index contributed by atoms with van der Waals surface area (Å²) in [5.41, 5.74) is 2.67. The van der Waals surface area contributed by atoms with Crippen molar-refractivity contribution < 1.29 is 21.8 Å². The second-order valence-electron chi connectivity index (χ2n) is 6.85. The molecule has 0 atom stereocenters. The molecule has 0 saturated heterocycles. The van der Waals surface area contributed by atoms with Crippen LogP contribution in [0.5, 0.6) is 5.75 Å². The lowest BCUT2D eigenvalue weighted by atomic mass is 10.1. The maximum atomic E-state index is 13.0. The van der Waals surface area contributed by atoms with Crippen LogP contribution in [0, 0.1) is 0 Å². The minimum Gasteiger partial charge on any atom is -0.467 e. The zero-order valence-electron chi connectivity index (χ0n) is 16.9. The molecule has 30 heavy (non-hydrogen) atoms. The highest BCUT2D eigenvalue weighted by Crippen LogP contribution is 2.18. The van der Waals surface area contributed by atoms with E-state index < -0.39 is 10.1 Å². The van der Waals surface area contributed by atoms with Crippen LogP contribution in [0.15, 0.2) is 71.3 Å². The van der Waals surface area contributed by atoms with E-state index in [1.165, 1.54) is 0 Å². The average molecular weight is 429 g/mol. The zero-order chi connectivity index (χ0) is 21.6. The third kappa shape index (κ3) is 6.38. The third-order valence-electron chi connectivity index (χ3n) is 4.34. The lowest BCUT2D eigenvalue weighted by molar-refractivity contribution is 0.201. The van der Waals surface area contributed by atoms with Gasteiger partial charge < -0.3 is 18.8 Å². The molecule has 2 amide bonds. The molecular formula is C22H24N2O5S. The summed E-state index contributed by atoms with van der Waals surface area (Å²) in [6.07, 6.45) is 3.43. The van der Waals surface area contributed by atoms with Crippen LogP contribution in [0.25, 0.3) is 0 Å². The monoisotopic (exact) mass is 428 g/mol. The Hall–Kier alpha value is -3.26. The number of furan rings is 1. The SMILES string of the molecule is CCc1cccc(NC(=O)N(Cc2ccc(OS(C)(=O)=O)cc2)Cc2ccco2)c1. The van der Waals surface area contributed by atoms with Gasteiger partial charge in [0.1, 0.15) is 11.5 Å². The zero-order valence-corrected chi connectivity index (χ0v) is 17.7. The van der Waals surface area contributed by atoms with Gasteiger partial charge in [0.05, 0.1) is 19.1 Å². The van der Waals surface area contributed by atoms with Crippen molar-refractivity contribution in [3.05, 3.63) is 83.8 Å². The predicted octanol–water partition coefficient (Wildman–Crippen LogP) is 4.41. The first-order valence-electron chi connectivity index (χ1n) is 9.48. The molecule has 1 aromatic heterocycles. The van der Waals surface area contributed by atoms with Crippen LogP contribution in [0.3, 0.4) is 0 Å². The Morgan fingerprint density at radius 1 is 1.03 bits per heavy atom. The minimum atomic E-state index is -3.59. The van der Waals surface area contributed by atoms with Crippen molar-refractivity contribution in [3.8, 4) is 5.75 Å². The lowest BCUT2D eigenvalue weighted by Crippen LogP contribution is -2.34. The number of nitrogens with zero attached hydrogens (tertiary/aromatic N) is 1. The number of urea groups is 1. The lowest BCUT2D eigenvalue weighted by Gasteiger charge is -2.22. The first kappa shape index (κ1) is 21.4. The molecule has 8 heteroatoms. The fourth-order valence-corrected chi connectivity index (χ4v) is 3.37. The van der Waals surface area contributed by atoms with Gasteiger partial charge in [0.2, 0.25) is 0 Å². The molecule has 158 valence electrons. The maximum absolute atomic E-state index is 13.0. The van der Waals surface area contributed by atoms with Gasteiger partial charge in [0.25, 0.3) is 0 Å². The van der Waals surface area contributed by atoms with Gasteiger partial charge >= 0.3 is 16.1 Å². The topological polar surface area (TPSA) is 88.9 Å². The Labute approximate surface area is 176 Å². The largest absolute Gasteiger partial charge is 0.467 e. The van der Waals surface area contributed by atoms with Crippen molar-refractivity contribution in [1.82, 2.24) is 4.90 Å². The summed E-state index contributed by atoms with van der Waals surface area (Å²) in [5.74, 6) is 0.879. The van der Waals surface area contributed by atoms with Crippen LogP contribution >= 0.6 is 0 Å². The summed E-state index contributed by atoms with van der Waals surface area (Å²) in [7, 11) is -3.59. The van der Waals surface area contributed by atoms with Crippen LogP contribution in [0.1, 0.15) is 23.8 Å². The molecule has 2 aromatic carbocycles. The number of hydrogen-bond donors (Lipinski definition) is 1. The number of benzene rings is 2. The third-order valence-corrected chi connectivity index (χ3v) is 4.84. The van der Waals surface area contributed by atoms with E-state index >= 15 is 0 Å². The number of aryl methyl sites for hydroxylation is 1. The molecule has 0 bridgehead atoms. The molecule has 7 nitrogen and oxygen atoms in total. The molecule has 3 rings (SSSR count). The predicted molar refractivity (Wildman–Crippen MR) is 115 cm³/mol. The normalized spacial score (nSPS) is 11.1. The van der Waals surface area contributed by atoms with Crippen molar-refractivity contribution >= 4 is 21.8 Å². The Bertz CT molecular complexity index is 1080. The van der Waals surface area contributed by atoms with E-state index in [0.29, 0.717) is 12.3 Å². The van der Waals surface area contributed by atoms with Crippen molar-refractivity contribution in [2.45, 2.75) is 26.4 Å². The molecule has 0 aliphatic rings. The second kappa shape index (κ2) is 9.49. The van der Waals surface area contributed by atoms with E-state index in [-0.39, 0.29) is 18.3 Å². The number of carbonyl (C=O) groups excluding carboxylic acids is 1. The van der Waals surface area contributed by atoms with Gasteiger partial charge in [0, 0.05) is 12.2 Å². The number of amides is 2. The number of nitrogens with one attached hydrogen (secondary N) is 1. The second-order valence-corrected chi connectivity index (χ2v) is 8.43. The van der Waals surface area contributed by atoms with Crippen molar-refractivity contribution in [3.63, 3.8) is 0 Å². The molecular weight excluding hydrogens is 404 g/mol. The van der Waals surface area contributed by atoms with E-state index in [1.54, 1.807) is 47.6 Å². The van der Waals surface area contributed by atoms with Crippen molar-refractivity contribution in [2.24, 2.45) is 0 Å². The Kier molecular flexibility index (Phi) is 6.79. The van der Waals surface area contributed by atoms with Gasteiger partial charge in [0.15, 0.2) is 0 Å². The highest BCUT2D eigenvalue weighted by Gasteiger charge is 2.17. The van der Waals surface area contributed by atoms with Crippen molar-refractivity contribution in [1.29, 1.82) is 0 Å². The number of carbonyl (C=O) groups is 1. The van der Waals surface area contributed by atoms with Crippen molar-refractivity contribution in [2.75, 3.05) is 11.6 Å². The minimum absolute atomic E-state index is 0.222. The summed E-state index contributed by atoms with van der Waals surface area (Å²) in [4.78, 5) is 14.6. The summed E-state index contributed by atoms with van der Waals surface area (Å²) in [6, 6.07) is 17.6. The number of rotatable bonds is 8. The Morgan fingerprint density at radius 2 is 1.80 bits per heavy atom. The van der Waals surface area contributed by atoms with Gasteiger partial charge in [-0.3, -0.25) is 0 Å². The Balaban J connectivity index is 1.75. The van der Waals surface area contributed by atoms with Crippen LogP contribution in [-0.2, 0) is 29.6 Å². The van der Waals surface area contributed by atoms with Gasteiger partial charge in [-0.25, -0.2) is 4.79 Å². The Morgan fingerprint density at radius 3 is 2.43 bits per heavy atom. The maximum Gasteiger partial charge on any atom is 0.322 e. The first-order chi connectivity index (χ1) is 14.3. The summed E-state index contributed by atoms with van der Waals surface area (Å²) < 4.78 is 32.8. The molecule has 0 aliphatic carbocycles. The van der Waals surface area contributed by atoms with E-state index in [1.807, 2.05) is 24.3 Å². The fraction of sp³-hybridized carbons (Fsp3) is 0.227. The fourth-order valence-electron chi connectivity index (χ4n) is 2.91. The van der Waals surface area contributed by atoms with Crippen LogP contribution in [-0.4, -0.2) is 25.6 Å². The molecule has 0 saturated carbocycles. The summed E-state index contributed by atoms with van der Waals surface area (Å²) >= 11 is 0. The van der Waals surface area contributed by atoms with Crippen LogP contribution in [0.4, 0.5) is 10.5 Å². The number of hydrogen-bond acceptors (Lipinski definition) is 5.